The van der Waals surface area contributed by atoms with Crippen LogP contribution in [0.5, 0.6) is 0 Å². The average Bonchev–Trinajstić information content (AvgIpc) is 2.63. The van der Waals surface area contributed by atoms with Crippen molar-refractivity contribution in [3.63, 3.8) is 0 Å². The first-order valence-corrected chi connectivity index (χ1v) is 9.47. The van der Waals surface area contributed by atoms with Gasteiger partial charge in [-0.05, 0) is 43.4 Å². The normalized spacial score (nSPS) is 18.8. The number of hydrogen-bond acceptors (Lipinski definition) is 2. The van der Waals surface area contributed by atoms with Crippen LogP contribution in [0.25, 0.3) is 11.1 Å². The van der Waals surface area contributed by atoms with E-state index in [9.17, 15) is 5.11 Å². The van der Waals surface area contributed by atoms with Crippen molar-refractivity contribution in [3.05, 3.63) is 60.2 Å². The molecule has 0 heterocycles. The Hall–Kier alpha value is -1.93. The van der Waals surface area contributed by atoms with Crippen molar-refractivity contribution < 1.29 is 5.11 Å². The summed E-state index contributed by atoms with van der Waals surface area (Å²) in [6, 6.07) is 18.9. The van der Waals surface area contributed by atoms with Crippen molar-refractivity contribution in [2.45, 2.75) is 64.0 Å². The fourth-order valence-corrected chi connectivity index (χ4v) is 3.98. The molecule has 1 aliphatic rings. The smallest absolute Gasteiger partial charge is 0.0926 e. The van der Waals surface area contributed by atoms with Crippen molar-refractivity contribution in [3.8, 4) is 11.1 Å². The Kier molecular flexibility index (Phi) is 5.70. The van der Waals surface area contributed by atoms with Crippen LogP contribution in [0.2, 0.25) is 0 Å². The number of aliphatic hydroxyl groups is 1. The molecular formula is C23H29NO. The number of nitrogens with zero attached hydrogens (tertiary/aromatic N) is 1. The molecule has 2 heteroatoms. The van der Waals surface area contributed by atoms with E-state index in [0.717, 1.165) is 22.4 Å². The molecule has 1 aliphatic carbocycles. The molecule has 25 heavy (non-hydrogen) atoms. The molecule has 0 radical (unpaired) electrons. The molecule has 1 unspecified atom stereocenters. The van der Waals surface area contributed by atoms with Crippen molar-refractivity contribution in [2.75, 3.05) is 0 Å². The molecular weight excluding hydrogens is 306 g/mol. The summed E-state index contributed by atoms with van der Waals surface area (Å²) in [6.45, 7) is 3.98. The fourth-order valence-electron chi connectivity index (χ4n) is 3.98. The third kappa shape index (κ3) is 4.58. The summed E-state index contributed by atoms with van der Waals surface area (Å²) in [5.41, 5.74) is 3.34. The maximum Gasteiger partial charge on any atom is 0.0926 e. The van der Waals surface area contributed by atoms with Crippen LogP contribution in [-0.2, 0) is 5.60 Å². The van der Waals surface area contributed by atoms with Crippen LogP contribution in [-0.4, -0.2) is 16.9 Å². The van der Waals surface area contributed by atoms with Gasteiger partial charge in [0, 0.05) is 18.2 Å². The van der Waals surface area contributed by atoms with E-state index in [2.05, 4.69) is 25.1 Å². The van der Waals surface area contributed by atoms with Gasteiger partial charge in [-0.15, -0.1) is 0 Å². The zero-order valence-electron chi connectivity index (χ0n) is 15.4. The highest BCUT2D eigenvalue weighted by Crippen LogP contribution is 2.34. The Morgan fingerprint density at radius 1 is 1.00 bits per heavy atom. The predicted molar refractivity (Wildman–Crippen MR) is 106 cm³/mol. The zero-order chi connectivity index (χ0) is 17.7. The largest absolute Gasteiger partial charge is 0.385 e. The minimum Gasteiger partial charge on any atom is -0.385 e. The highest BCUT2D eigenvalue weighted by Gasteiger charge is 2.27. The summed E-state index contributed by atoms with van der Waals surface area (Å²) >= 11 is 0. The van der Waals surface area contributed by atoms with Crippen LogP contribution in [0.3, 0.4) is 0 Å². The van der Waals surface area contributed by atoms with E-state index in [1.165, 1.54) is 32.1 Å². The van der Waals surface area contributed by atoms with E-state index in [-0.39, 0.29) is 0 Å². The Bertz CT molecular complexity index is 712. The maximum atomic E-state index is 11.2. The second kappa shape index (κ2) is 7.97. The third-order valence-corrected chi connectivity index (χ3v) is 5.17. The lowest BCUT2D eigenvalue weighted by Crippen LogP contribution is -2.26. The van der Waals surface area contributed by atoms with Crippen molar-refractivity contribution in [1.29, 1.82) is 0 Å². The number of hydrogen-bond donors (Lipinski definition) is 1. The SMILES string of the molecule is CC(CC(C)(O)c1ccccc1-c1ccccc1)=NC1CCCCC1. The molecule has 132 valence electrons. The van der Waals surface area contributed by atoms with Gasteiger partial charge in [-0.25, -0.2) is 0 Å². The average molecular weight is 335 g/mol. The molecule has 1 fully saturated rings. The topological polar surface area (TPSA) is 32.6 Å². The highest BCUT2D eigenvalue weighted by molar-refractivity contribution is 5.84. The molecule has 0 bridgehead atoms. The maximum absolute atomic E-state index is 11.2. The Balaban J connectivity index is 1.84. The first-order chi connectivity index (χ1) is 12.1. The molecule has 1 atom stereocenters. The third-order valence-electron chi connectivity index (χ3n) is 5.17. The second-order valence-corrected chi connectivity index (χ2v) is 7.52. The van der Waals surface area contributed by atoms with E-state index in [4.69, 9.17) is 4.99 Å². The van der Waals surface area contributed by atoms with E-state index >= 15 is 0 Å². The summed E-state index contributed by atoms with van der Waals surface area (Å²) in [5.74, 6) is 0. The van der Waals surface area contributed by atoms with Gasteiger partial charge in [0.15, 0.2) is 0 Å². The van der Waals surface area contributed by atoms with Gasteiger partial charge in [-0.1, -0.05) is 73.9 Å². The lowest BCUT2D eigenvalue weighted by molar-refractivity contribution is 0.0656. The summed E-state index contributed by atoms with van der Waals surface area (Å²) in [5, 5.41) is 11.2. The van der Waals surface area contributed by atoms with Crippen LogP contribution in [0, 0.1) is 0 Å². The summed E-state index contributed by atoms with van der Waals surface area (Å²) in [4.78, 5) is 4.91. The highest BCUT2D eigenvalue weighted by atomic mass is 16.3. The molecule has 1 N–H and O–H groups in total. The van der Waals surface area contributed by atoms with E-state index in [1.54, 1.807) is 0 Å². The van der Waals surface area contributed by atoms with Gasteiger partial charge in [-0.2, -0.15) is 0 Å². The number of rotatable bonds is 5. The van der Waals surface area contributed by atoms with E-state index in [1.807, 2.05) is 43.3 Å². The fraction of sp³-hybridized carbons (Fsp3) is 0.435. The minimum absolute atomic E-state index is 0.453. The molecule has 0 spiro atoms. The molecule has 2 aromatic carbocycles. The Morgan fingerprint density at radius 2 is 1.64 bits per heavy atom. The van der Waals surface area contributed by atoms with Crippen LogP contribution in [0.4, 0.5) is 0 Å². The number of benzene rings is 2. The molecule has 0 aliphatic heterocycles. The second-order valence-electron chi connectivity index (χ2n) is 7.52. The molecule has 1 saturated carbocycles. The van der Waals surface area contributed by atoms with Gasteiger partial charge in [-0.3, -0.25) is 4.99 Å². The van der Waals surface area contributed by atoms with Gasteiger partial charge >= 0.3 is 0 Å². The Labute approximate surface area is 151 Å². The van der Waals surface area contributed by atoms with E-state index in [0.29, 0.717) is 12.5 Å². The standard InChI is InChI=1S/C23H29NO/c1-18(24-20-13-7-4-8-14-20)17-23(2,25)22-16-10-9-15-21(22)19-11-5-3-6-12-19/h3,5-6,9-12,15-16,20,25H,4,7-8,13-14,17H2,1-2H3. The van der Waals surface area contributed by atoms with Crippen LogP contribution >= 0.6 is 0 Å². The summed E-state index contributed by atoms with van der Waals surface area (Å²) in [7, 11) is 0. The van der Waals surface area contributed by atoms with E-state index < -0.39 is 5.60 Å². The van der Waals surface area contributed by atoms with Crippen LogP contribution in [0.15, 0.2) is 59.6 Å². The van der Waals surface area contributed by atoms with Gasteiger partial charge in [0.2, 0.25) is 0 Å². The molecule has 0 saturated heterocycles. The monoisotopic (exact) mass is 335 g/mol. The number of aliphatic imine (C=N–C) groups is 1. The lowest BCUT2D eigenvalue weighted by atomic mass is 9.85. The summed E-state index contributed by atoms with van der Waals surface area (Å²) in [6.07, 6.45) is 6.88. The van der Waals surface area contributed by atoms with Crippen molar-refractivity contribution in [2.24, 2.45) is 4.99 Å². The first-order valence-electron chi connectivity index (χ1n) is 9.47. The molecule has 3 rings (SSSR count). The first kappa shape index (κ1) is 17.9. The quantitative estimate of drug-likeness (QED) is 0.694. The lowest BCUT2D eigenvalue weighted by Gasteiger charge is -2.27. The minimum atomic E-state index is -0.922. The molecule has 2 aromatic rings. The van der Waals surface area contributed by atoms with Crippen LogP contribution < -0.4 is 0 Å². The molecule has 2 nitrogen and oxygen atoms in total. The van der Waals surface area contributed by atoms with Crippen molar-refractivity contribution >= 4 is 5.71 Å². The van der Waals surface area contributed by atoms with Gasteiger partial charge in [0.05, 0.1) is 5.60 Å². The Morgan fingerprint density at radius 3 is 2.36 bits per heavy atom. The molecule has 0 aromatic heterocycles. The van der Waals surface area contributed by atoms with Gasteiger partial charge in [0.1, 0.15) is 0 Å². The van der Waals surface area contributed by atoms with Crippen molar-refractivity contribution in [1.82, 2.24) is 0 Å². The van der Waals surface area contributed by atoms with Crippen LogP contribution in [0.1, 0.15) is 57.9 Å². The molecule has 0 amide bonds. The summed E-state index contributed by atoms with van der Waals surface area (Å²) < 4.78 is 0. The van der Waals surface area contributed by atoms with Gasteiger partial charge in [0.25, 0.3) is 0 Å². The predicted octanol–water partition coefficient (Wildman–Crippen LogP) is 5.74. The van der Waals surface area contributed by atoms with Gasteiger partial charge < -0.3 is 5.11 Å². The zero-order valence-corrected chi connectivity index (χ0v) is 15.4.